The third-order valence-electron chi connectivity index (χ3n) is 6.11. The molecular formula is C21H26F2N7O2P. The molecule has 0 aliphatic carbocycles. The van der Waals surface area contributed by atoms with Crippen molar-refractivity contribution in [2.24, 2.45) is 11.7 Å². The molecule has 2 aliphatic rings. The average Bonchev–Trinajstić information content (AvgIpc) is 3.21. The number of rotatable bonds is 5. The van der Waals surface area contributed by atoms with Crippen molar-refractivity contribution < 1.29 is 18.3 Å². The number of anilines is 2. The fourth-order valence-electron chi connectivity index (χ4n) is 4.37. The first kappa shape index (κ1) is 22.0. The van der Waals surface area contributed by atoms with Crippen molar-refractivity contribution >= 4 is 26.4 Å². The lowest BCUT2D eigenvalue weighted by molar-refractivity contribution is -0.0891. The van der Waals surface area contributed by atoms with Crippen molar-refractivity contribution in [2.75, 3.05) is 49.6 Å². The first-order valence-corrected chi connectivity index (χ1v) is 11.5. The summed E-state index contributed by atoms with van der Waals surface area (Å²) in [5.74, 6) is -0.988. The number of hydrogen-bond donors (Lipinski definition) is 1. The Balaban J connectivity index is 1.62. The summed E-state index contributed by atoms with van der Waals surface area (Å²) in [4.78, 5) is 4.29. The van der Waals surface area contributed by atoms with E-state index in [0.29, 0.717) is 48.4 Å². The Morgan fingerprint density at radius 3 is 2.76 bits per heavy atom. The second-order valence-corrected chi connectivity index (χ2v) is 9.06. The number of likely N-dealkylation sites (N-methyl/N-ethyl adjacent to an activating group) is 1. The third-order valence-corrected chi connectivity index (χ3v) is 6.23. The number of halogens is 2. The number of alkyl halides is 2. The summed E-state index contributed by atoms with van der Waals surface area (Å²) in [6.45, 7) is 3.59. The highest BCUT2D eigenvalue weighted by Gasteiger charge is 2.31. The summed E-state index contributed by atoms with van der Waals surface area (Å²) in [6, 6.07) is 6.36. The van der Waals surface area contributed by atoms with Crippen LogP contribution in [-0.4, -0.2) is 65.5 Å². The van der Waals surface area contributed by atoms with Crippen LogP contribution in [0.5, 0.6) is 11.5 Å². The molecule has 5 rings (SSSR count). The molecule has 176 valence electrons. The molecule has 1 atom stereocenters. The van der Waals surface area contributed by atoms with Gasteiger partial charge in [-0.2, -0.15) is 13.3 Å². The molecule has 2 aromatic heterocycles. The average molecular weight is 477 g/mol. The number of aromatic nitrogens is 4. The summed E-state index contributed by atoms with van der Waals surface area (Å²) in [6.07, 6.45) is 1.97. The molecule has 0 radical (unpaired) electrons. The van der Waals surface area contributed by atoms with Crippen LogP contribution in [-0.2, 0) is 0 Å². The molecule has 0 bridgehead atoms. The number of nitrogens with two attached hydrogens (primary N) is 1. The van der Waals surface area contributed by atoms with Gasteiger partial charge in [0.2, 0.25) is 5.65 Å². The minimum absolute atomic E-state index is 0.0201. The van der Waals surface area contributed by atoms with Gasteiger partial charge in [0, 0.05) is 25.7 Å². The van der Waals surface area contributed by atoms with Crippen LogP contribution in [0.1, 0.15) is 12.8 Å². The van der Waals surface area contributed by atoms with Crippen molar-refractivity contribution in [3.8, 4) is 22.9 Å². The predicted octanol–water partition coefficient (Wildman–Crippen LogP) is 2.60. The molecule has 1 fully saturated rings. The van der Waals surface area contributed by atoms with E-state index < -0.39 is 5.85 Å². The Morgan fingerprint density at radius 2 is 2.03 bits per heavy atom. The Kier molecular flexibility index (Phi) is 5.70. The van der Waals surface area contributed by atoms with E-state index in [9.17, 15) is 8.78 Å². The van der Waals surface area contributed by atoms with Crippen LogP contribution in [0.2, 0.25) is 0 Å². The molecule has 12 heteroatoms. The van der Waals surface area contributed by atoms with Crippen LogP contribution in [0.3, 0.4) is 0 Å². The Morgan fingerprint density at radius 1 is 1.24 bits per heavy atom. The number of piperidine rings is 1. The summed E-state index contributed by atoms with van der Waals surface area (Å²) >= 11 is 0. The maximum absolute atomic E-state index is 13.3. The Hall–Kier alpha value is -2.78. The zero-order valence-corrected chi connectivity index (χ0v) is 19.4. The van der Waals surface area contributed by atoms with Crippen molar-refractivity contribution in [2.45, 2.75) is 18.7 Å². The number of fused-ring (bicyclic) bond motifs is 3. The predicted molar refractivity (Wildman–Crippen MR) is 124 cm³/mol. The maximum Gasteiger partial charge on any atom is 0.408 e. The van der Waals surface area contributed by atoms with Crippen LogP contribution >= 0.6 is 9.24 Å². The molecule has 1 saturated heterocycles. The molecule has 0 spiro atoms. The van der Waals surface area contributed by atoms with Gasteiger partial charge in [-0.25, -0.2) is 0 Å². The van der Waals surface area contributed by atoms with Gasteiger partial charge in [0.1, 0.15) is 18.0 Å². The monoisotopic (exact) mass is 477 g/mol. The van der Waals surface area contributed by atoms with Gasteiger partial charge in [-0.15, -0.1) is 15.3 Å². The quantitative estimate of drug-likeness (QED) is 0.561. The lowest BCUT2D eigenvalue weighted by atomic mass is 9.97. The van der Waals surface area contributed by atoms with E-state index in [1.54, 1.807) is 16.6 Å². The summed E-state index contributed by atoms with van der Waals surface area (Å²) in [5, 5.41) is 13.6. The largest absolute Gasteiger partial charge is 0.486 e. The van der Waals surface area contributed by atoms with Crippen LogP contribution in [0.25, 0.3) is 17.0 Å². The number of hydrogen-bond acceptors (Lipinski definition) is 8. The third kappa shape index (κ3) is 4.27. The van der Waals surface area contributed by atoms with E-state index in [0.717, 1.165) is 37.4 Å². The molecule has 0 saturated carbocycles. The van der Waals surface area contributed by atoms with Crippen molar-refractivity contribution in [1.29, 1.82) is 0 Å². The van der Waals surface area contributed by atoms with E-state index in [1.165, 1.54) is 21.4 Å². The van der Waals surface area contributed by atoms with Crippen LogP contribution in [0.4, 0.5) is 20.3 Å². The molecule has 33 heavy (non-hydrogen) atoms. The molecule has 2 aliphatic heterocycles. The first-order chi connectivity index (χ1) is 15.8. The fraction of sp³-hybridized carbons (Fsp3) is 0.476. The second-order valence-electron chi connectivity index (χ2n) is 8.39. The SMILES string of the molecule is CN1CCOc2c(N3CCC(CN)CC3)nn3c(-c4cccc(OC(F)(F)P)c4)nnc3c21. The van der Waals surface area contributed by atoms with Crippen LogP contribution < -0.4 is 25.0 Å². The van der Waals surface area contributed by atoms with E-state index in [4.69, 9.17) is 20.3 Å². The molecule has 1 aromatic carbocycles. The zero-order chi connectivity index (χ0) is 23.2. The molecule has 0 amide bonds. The fourth-order valence-corrected chi connectivity index (χ4v) is 4.50. The topological polar surface area (TPSA) is 94.0 Å². The minimum atomic E-state index is -3.37. The zero-order valence-electron chi connectivity index (χ0n) is 18.2. The molecular weight excluding hydrogens is 451 g/mol. The highest BCUT2D eigenvalue weighted by Crippen LogP contribution is 2.42. The van der Waals surface area contributed by atoms with Gasteiger partial charge in [0.25, 0.3) is 0 Å². The lowest BCUT2D eigenvalue weighted by Crippen LogP contribution is -2.38. The van der Waals surface area contributed by atoms with E-state index in [2.05, 4.69) is 20.0 Å². The van der Waals surface area contributed by atoms with Crippen molar-refractivity contribution in [3.63, 3.8) is 0 Å². The normalized spacial score (nSPS) is 17.2. The van der Waals surface area contributed by atoms with E-state index in [-0.39, 0.29) is 5.75 Å². The van der Waals surface area contributed by atoms with E-state index >= 15 is 0 Å². The summed E-state index contributed by atoms with van der Waals surface area (Å²) in [5.41, 5.74) is 7.79. The smallest absolute Gasteiger partial charge is 0.408 e. The van der Waals surface area contributed by atoms with Gasteiger partial charge in [-0.1, -0.05) is 12.1 Å². The molecule has 2 N–H and O–H groups in total. The van der Waals surface area contributed by atoms with Gasteiger partial charge >= 0.3 is 5.85 Å². The molecule has 9 nitrogen and oxygen atoms in total. The number of benzene rings is 1. The Labute approximate surface area is 192 Å². The maximum atomic E-state index is 13.3. The number of ether oxygens (including phenoxy) is 2. The van der Waals surface area contributed by atoms with Crippen LogP contribution in [0, 0.1) is 5.92 Å². The van der Waals surface area contributed by atoms with Crippen molar-refractivity contribution in [1.82, 2.24) is 19.8 Å². The minimum Gasteiger partial charge on any atom is -0.486 e. The van der Waals surface area contributed by atoms with Gasteiger partial charge < -0.3 is 25.0 Å². The number of nitrogens with zero attached hydrogens (tertiary/aromatic N) is 6. The van der Waals surface area contributed by atoms with Gasteiger partial charge in [0.15, 0.2) is 17.4 Å². The van der Waals surface area contributed by atoms with Gasteiger partial charge in [0.05, 0.1) is 6.54 Å². The molecule has 3 aromatic rings. The van der Waals surface area contributed by atoms with Crippen LogP contribution in [0.15, 0.2) is 24.3 Å². The molecule has 4 heterocycles. The summed E-state index contributed by atoms with van der Waals surface area (Å²) in [7, 11) is 3.35. The summed E-state index contributed by atoms with van der Waals surface area (Å²) < 4.78 is 39.1. The lowest BCUT2D eigenvalue weighted by Gasteiger charge is -2.35. The van der Waals surface area contributed by atoms with Crippen molar-refractivity contribution in [3.05, 3.63) is 24.3 Å². The second kappa shape index (κ2) is 8.53. The van der Waals surface area contributed by atoms with E-state index in [1.807, 2.05) is 7.05 Å². The van der Waals surface area contributed by atoms with Gasteiger partial charge in [-0.05, 0) is 46.7 Å². The standard InChI is InChI=1S/C21H26F2N7O2P/c1-28-9-10-31-17-16(28)19-26-25-18(14-3-2-4-15(11-14)32-21(22,23)33)30(19)27-20(17)29-7-5-13(12-24)6-8-29/h2-4,11,13H,5-10,12,24,33H2,1H3. The van der Waals surface area contributed by atoms with Gasteiger partial charge in [-0.3, -0.25) is 0 Å². The first-order valence-electron chi connectivity index (χ1n) is 10.9. The molecule has 1 unspecified atom stereocenters. The Bertz CT molecular complexity index is 1160. The highest BCUT2D eigenvalue weighted by atomic mass is 31.0. The highest BCUT2D eigenvalue weighted by molar-refractivity contribution is 7.17.